The van der Waals surface area contributed by atoms with E-state index in [1.54, 1.807) is 6.92 Å². The average Bonchev–Trinajstić information content (AvgIpc) is 1.88. The first-order valence-corrected chi connectivity index (χ1v) is 4.07. The fourth-order valence-corrected chi connectivity index (χ4v) is 1.02. The molecule has 1 atom stereocenters. The average molecular weight is 209 g/mol. The maximum Gasteiger partial charge on any atom is 0.314 e. The van der Waals surface area contributed by atoms with Crippen molar-refractivity contribution in [1.82, 2.24) is 0 Å². The summed E-state index contributed by atoms with van der Waals surface area (Å²) in [5, 5.41) is 8.56. The van der Waals surface area contributed by atoms with Gasteiger partial charge >= 0.3 is 5.97 Å². The molecule has 0 aromatic heterocycles. The highest BCUT2D eigenvalue weighted by Gasteiger charge is 2.22. The second-order valence-electron chi connectivity index (χ2n) is 1.90. The largest absolute Gasteiger partial charge is 0.481 e. The van der Waals surface area contributed by atoms with Crippen LogP contribution in [0.4, 0.5) is 0 Å². The third-order valence-corrected chi connectivity index (χ3v) is 1.78. The topological polar surface area (TPSA) is 54.4 Å². The predicted octanol–water partition coefficient (Wildman–Crippen LogP) is 1.06. The summed E-state index contributed by atoms with van der Waals surface area (Å²) < 4.78 is 0. The molecule has 0 saturated carbocycles. The van der Waals surface area contributed by atoms with Crippen LogP contribution in [0, 0.1) is 5.92 Å². The zero-order valence-electron chi connectivity index (χ0n) is 5.63. The summed E-state index contributed by atoms with van der Waals surface area (Å²) in [6, 6.07) is 0. The summed E-state index contributed by atoms with van der Waals surface area (Å²) >= 11 is 2.91. The molecule has 1 unspecified atom stereocenters. The van der Waals surface area contributed by atoms with Gasteiger partial charge in [-0.05, 0) is 6.42 Å². The Hall–Kier alpha value is -0.380. The quantitative estimate of drug-likeness (QED) is 0.556. The zero-order chi connectivity index (χ0) is 8.15. The molecule has 0 aliphatic carbocycles. The predicted molar refractivity (Wildman–Crippen MR) is 40.2 cm³/mol. The van der Waals surface area contributed by atoms with Gasteiger partial charge in [0.05, 0.1) is 5.33 Å². The Labute approximate surface area is 67.5 Å². The zero-order valence-corrected chi connectivity index (χ0v) is 7.22. The Balaban J connectivity index is 4.06. The van der Waals surface area contributed by atoms with Gasteiger partial charge in [-0.3, -0.25) is 9.59 Å². The van der Waals surface area contributed by atoms with Crippen LogP contribution in [0.15, 0.2) is 0 Å². The second kappa shape index (κ2) is 4.44. The first-order chi connectivity index (χ1) is 4.63. The number of rotatable bonds is 4. The van der Waals surface area contributed by atoms with Crippen molar-refractivity contribution in [3.8, 4) is 0 Å². The third kappa shape index (κ3) is 2.47. The summed E-state index contributed by atoms with van der Waals surface area (Å²) in [4.78, 5) is 21.0. The molecule has 1 N–H and O–H groups in total. The van der Waals surface area contributed by atoms with Gasteiger partial charge < -0.3 is 5.11 Å². The number of aliphatic carboxylic acids is 1. The van der Waals surface area contributed by atoms with Crippen LogP contribution in [0.5, 0.6) is 0 Å². The number of hydrogen-bond acceptors (Lipinski definition) is 2. The van der Waals surface area contributed by atoms with Gasteiger partial charge in [-0.25, -0.2) is 0 Å². The Morgan fingerprint density at radius 2 is 2.10 bits per heavy atom. The normalized spacial score (nSPS) is 12.6. The number of carbonyl (C=O) groups excluding carboxylic acids is 1. The van der Waals surface area contributed by atoms with Crippen LogP contribution in [0.3, 0.4) is 0 Å². The standard InChI is InChI=1S/C6H9BrO3/c1-2-4(6(9)10)5(8)3-7/h4H,2-3H2,1H3,(H,9,10). The van der Waals surface area contributed by atoms with Crippen molar-refractivity contribution < 1.29 is 14.7 Å². The minimum atomic E-state index is -1.04. The molecular formula is C6H9BrO3. The molecule has 10 heavy (non-hydrogen) atoms. The van der Waals surface area contributed by atoms with E-state index in [1.807, 2.05) is 0 Å². The molecule has 0 radical (unpaired) electrons. The summed E-state index contributed by atoms with van der Waals surface area (Å²) in [6.07, 6.45) is 0.361. The smallest absolute Gasteiger partial charge is 0.314 e. The van der Waals surface area contributed by atoms with Gasteiger partial charge in [0.15, 0.2) is 5.78 Å². The number of ketones is 1. The van der Waals surface area contributed by atoms with Crippen LogP contribution >= 0.6 is 15.9 Å². The molecule has 0 fully saturated rings. The van der Waals surface area contributed by atoms with E-state index in [2.05, 4.69) is 15.9 Å². The Kier molecular flexibility index (Phi) is 4.27. The lowest BCUT2D eigenvalue weighted by Gasteiger charge is -2.04. The number of alkyl halides is 1. The first kappa shape index (κ1) is 9.62. The van der Waals surface area contributed by atoms with Crippen LogP contribution < -0.4 is 0 Å². The molecule has 0 bridgehead atoms. The molecule has 0 aromatic rings. The van der Waals surface area contributed by atoms with Gasteiger partial charge in [0.25, 0.3) is 0 Å². The van der Waals surface area contributed by atoms with E-state index in [-0.39, 0.29) is 11.1 Å². The molecule has 0 aromatic carbocycles. The molecule has 0 rings (SSSR count). The molecule has 3 nitrogen and oxygen atoms in total. The molecule has 0 aliphatic heterocycles. The van der Waals surface area contributed by atoms with Crippen molar-refractivity contribution in [1.29, 1.82) is 0 Å². The molecule has 58 valence electrons. The minimum Gasteiger partial charge on any atom is -0.481 e. The Bertz CT molecular complexity index is 144. The van der Waals surface area contributed by atoms with Crippen LogP contribution in [-0.2, 0) is 9.59 Å². The van der Waals surface area contributed by atoms with Crippen LogP contribution in [0.2, 0.25) is 0 Å². The van der Waals surface area contributed by atoms with Gasteiger partial charge in [-0.1, -0.05) is 22.9 Å². The van der Waals surface area contributed by atoms with Crippen molar-refractivity contribution in [2.24, 2.45) is 5.92 Å². The highest BCUT2D eigenvalue weighted by atomic mass is 79.9. The highest BCUT2D eigenvalue weighted by Crippen LogP contribution is 2.05. The van der Waals surface area contributed by atoms with Gasteiger partial charge in [-0.15, -0.1) is 0 Å². The number of carboxylic acid groups (broad SMARTS) is 1. The van der Waals surface area contributed by atoms with E-state index in [1.165, 1.54) is 0 Å². The monoisotopic (exact) mass is 208 g/mol. The number of hydrogen-bond donors (Lipinski definition) is 1. The number of carbonyl (C=O) groups is 2. The fraction of sp³-hybridized carbons (Fsp3) is 0.667. The molecule has 0 amide bonds. The van der Waals surface area contributed by atoms with Crippen molar-refractivity contribution in [2.75, 3.05) is 5.33 Å². The third-order valence-electron chi connectivity index (χ3n) is 1.23. The molecule has 0 heterocycles. The maximum atomic E-state index is 10.8. The van der Waals surface area contributed by atoms with Gasteiger partial charge in [0, 0.05) is 0 Å². The molecule has 4 heteroatoms. The first-order valence-electron chi connectivity index (χ1n) is 2.95. The highest BCUT2D eigenvalue weighted by molar-refractivity contribution is 9.09. The SMILES string of the molecule is CCC(C(=O)O)C(=O)CBr. The second-order valence-corrected chi connectivity index (χ2v) is 2.46. The van der Waals surface area contributed by atoms with Crippen LogP contribution in [0.1, 0.15) is 13.3 Å². The number of Topliss-reactive ketones (excluding diaryl/α,β-unsaturated/α-hetero) is 1. The van der Waals surface area contributed by atoms with E-state index in [0.717, 1.165) is 0 Å². The fourth-order valence-electron chi connectivity index (χ4n) is 0.633. The lowest BCUT2D eigenvalue weighted by molar-refractivity contribution is -0.145. The minimum absolute atomic E-state index is 0.123. The lowest BCUT2D eigenvalue weighted by atomic mass is 10.0. The van der Waals surface area contributed by atoms with E-state index < -0.39 is 11.9 Å². The van der Waals surface area contributed by atoms with E-state index >= 15 is 0 Å². The van der Waals surface area contributed by atoms with Gasteiger partial charge in [0.2, 0.25) is 0 Å². The molecule has 0 aliphatic rings. The summed E-state index contributed by atoms with van der Waals surface area (Å²) in [6.45, 7) is 1.68. The molecular weight excluding hydrogens is 200 g/mol. The lowest BCUT2D eigenvalue weighted by Crippen LogP contribution is -2.23. The molecule has 0 spiro atoms. The van der Waals surface area contributed by atoms with E-state index in [4.69, 9.17) is 5.11 Å². The summed E-state index contributed by atoms with van der Waals surface area (Å²) in [7, 11) is 0. The molecule has 0 saturated heterocycles. The maximum absolute atomic E-state index is 10.8. The number of carboxylic acids is 1. The Morgan fingerprint density at radius 1 is 1.60 bits per heavy atom. The van der Waals surface area contributed by atoms with Crippen molar-refractivity contribution in [3.05, 3.63) is 0 Å². The van der Waals surface area contributed by atoms with Crippen molar-refractivity contribution >= 4 is 27.7 Å². The van der Waals surface area contributed by atoms with Gasteiger partial charge in [-0.2, -0.15) is 0 Å². The van der Waals surface area contributed by atoms with Gasteiger partial charge in [0.1, 0.15) is 5.92 Å². The summed E-state index contributed by atoms with van der Waals surface area (Å²) in [5.41, 5.74) is 0. The number of halogens is 1. The van der Waals surface area contributed by atoms with Crippen LogP contribution in [-0.4, -0.2) is 22.2 Å². The van der Waals surface area contributed by atoms with Crippen LogP contribution in [0.25, 0.3) is 0 Å². The Morgan fingerprint density at radius 3 is 2.20 bits per heavy atom. The van der Waals surface area contributed by atoms with E-state index in [9.17, 15) is 9.59 Å². The van der Waals surface area contributed by atoms with Crippen molar-refractivity contribution in [3.63, 3.8) is 0 Å². The summed E-state index contributed by atoms with van der Waals surface area (Å²) in [5.74, 6) is -2.14. The van der Waals surface area contributed by atoms with Crippen molar-refractivity contribution in [2.45, 2.75) is 13.3 Å². The van der Waals surface area contributed by atoms with E-state index in [0.29, 0.717) is 6.42 Å².